The van der Waals surface area contributed by atoms with Gasteiger partial charge in [-0.15, -0.1) is 0 Å². The summed E-state index contributed by atoms with van der Waals surface area (Å²) in [5.41, 5.74) is 6.69. The van der Waals surface area contributed by atoms with Crippen LogP contribution in [0.3, 0.4) is 0 Å². The molecule has 0 aromatic carbocycles. The number of aryl methyl sites for hydroxylation is 1. The molecule has 0 amide bonds. The molecule has 1 heterocycles. The molecule has 0 aliphatic heterocycles. The molecule has 0 radical (unpaired) electrons. The maximum absolute atomic E-state index is 6.72. The van der Waals surface area contributed by atoms with Crippen molar-refractivity contribution < 1.29 is 0 Å². The van der Waals surface area contributed by atoms with E-state index < -0.39 is 0 Å². The van der Waals surface area contributed by atoms with Crippen LogP contribution in [-0.2, 0) is 13.0 Å². The monoisotopic (exact) mass is 277 g/mol. The van der Waals surface area contributed by atoms with Gasteiger partial charge in [0.2, 0.25) is 0 Å². The van der Waals surface area contributed by atoms with Gasteiger partial charge < -0.3 is 10.3 Å². The van der Waals surface area contributed by atoms with E-state index in [0.717, 1.165) is 38.1 Å². The zero-order chi connectivity index (χ0) is 14.4. The predicted octanol–water partition coefficient (Wildman–Crippen LogP) is 3.91. The predicted molar refractivity (Wildman–Crippen MR) is 84.6 cm³/mol. The Morgan fingerprint density at radius 3 is 2.90 bits per heavy atom. The molecule has 0 bridgehead atoms. The Balaban J connectivity index is 1.98. The number of nitrogens with two attached hydrogens (primary N) is 1. The third-order valence-electron chi connectivity index (χ3n) is 4.81. The Kier molecular flexibility index (Phi) is 5.64. The summed E-state index contributed by atoms with van der Waals surface area (Å²) in [5, 5.41) is 0. The van der Waals surface area contributed by atoms with E-state index >= 15 is 0 Å². The van der Waals surface area contributed by atoms with Gasteiger partial charge in [0.15, 0.2) is 0 Å². The summed E-state index contributed by atoms with van der Waals surface area (Å²) in [6, 6.07) is 0. The summed E-state index contributed by atoms with van der Waals surface area (Å²) in [7, 11) is 0. The van der Waals surface area contributed by atoms with Crippen molar-refractivity contribution in [2.75, 3.05) is 0 Å². The van der Waals surface area contributed by atoms with Crippen LogP contribution in [0.4, 0.5) is 0 Å². The van der Waals surface area contributed by atoms with Crippen molar-refractivity contribution in [2.45, 2.75) is 83.7 Å². The fraction of sp³-hybridized carbons (Fsp3) is 0.824. The van der Waals surface area contributed by atoms with Crippen molar-refractivity contribution in [3.8, 4) is 0 Å². The number of hydrogen-bond donors (Lipinski definition) is 1. The summed E-state index contributed by atoms with van der Waals surface area (Å²) < 4.78 is 2.28. The van der Waals surface area contributed by atoms with E-state index in [4.69, 9.17) is 5.73 Å². The number of aromatic nitrogens is 2. The van der Waals surface area contributed by atoms with Crippen LogP contribution in [0.1, 0.15) is 71.0 Å². The summed E-state index contributed by atoms with van der Waals surface area (Å²) >= 11 is 0. The van der Waals surface area contributed by atoms with Crippen molar-refractivity contribution in [2.24, 2.45) is 11.7 Å². The molecule has 0 saturated heterocycles. The van der Waals surface area contributed by atoms with Crippen molar-refractivity contribution in [3.63, 3.8) is 0 Å². The topological polar surface area (TPSA) is 43.8 Å². The van der Waals surface area contributed by atoms with Gasteiger partial charge in [0.1, 0.15) is 5.82 Å². The highest BCUT2D eigenvalue weighted by Crippen LogP contribution is 2.33. The third-order valence-corrected chi connectivity index (χ3v) is 4.81. The number of rotatable bonds is 6. The van der Waals surface area contributed by atoms with Gasteiger partial charge in [-0.2, -0.15) is 0 Å². The van der Waals surface area contributed by atoms with Crippen LogP contribution in [0, 0.1) is 5.92 Å². The molecule has 2 atom stereocenters. The summed E-state index contributed by atoms with van der Waals surface area (Å²) in [6.07, 6.45) is 15.1. The minimum Gasteiger partial charge on any atom is -0.335 e. The molecular formula is C17H31N3. The Labute approximate surface area is 124 Å². The molecule has 1 aliphatic rings. The van der Waals surface area contributed by atoms with E-state index in [2.05, 4.69) is 29.6 Å². The van der Waals surface area contributed by atoms with Crippen molar-refractivity contribution in [3.05, 3.63) is 18.2 Å². The van der Waals surface area contributed by atoms with Gasteiger partial charge >= 0.3 is 0 Å². The molecule has 0 spiro atoms. The summed E-state index contributed by atoms with van der Waals surface area (Å²) in [4.78, 5) is 4.54. The second kappa shape index (κ2) is 7.26. The van der Waals surface area contributed by atoms with Crippen LogP contribution < -0.4 is 5.73 Å². The fourth-order valence-electron chi connectivity index (χ4n) is 3.64. The first-order chi connectivity index (χ1) is 9.67. The van der Waals surface area contributed by atoms with Gasteiger partial charge in [-0.25, -0.2) is 4.98 Å². The number of hydrogen-bond acceptors (Lipinski definition) is 2. The molecule has 2 rings (SSSR count). The highest BCUT2D eigenvalue weighted by Gasteiger charge is 2.30. The van der Waals surface area contributed by atoms with Crippen molar-refractivity contribution >= 4 is 0 Å². The molecule has 1 aromatic rings. The van der Waals surface area contributed by atoms with Crippen LogP contribution in [0.15, 0.2) is 12.4 Å². The van der Waals surface area contributed by atoms with E-state index in [-0.39, 0.29) is 5.54 Å². The molecule has 114 valence electrons. The Bertz CT molecular complexity index is 399. The maximum Gasteiger partial charge on any atom is 0.110 e. The second-order valence-corrected chi connectivity index (χ2v) is 6.66. The van der Waals surface area contributed by atoms with Crippen LogP contribution >= 0.6 is 0 Å². The van der Waals surface area contributed by atoms with Gasteiger partial charge in [0.25, 0.3) is 0 Å². The van der Waals surface area contributed by atoms with Gasteiger partial charge in [-0.1, -0.05) is 39.5 Å². The summed E-state index contributed by atoms with van der Waals surface area (Å²) in [5.74, 6) is 2.09. The van der Waals surface area contributed by atoms with E-state index in [0.29, 0.717) is 0 Å². The average Bonchev–Trinajstić information content (AvgIpc) is 2.75. The minimum atomic E-state index is -0.0284. The van der Waals surface area contributed by atoms with Crippen LogP contribution in [-0.4, -0.2) is 15.1 Å². The van der Waals surface area contributed by atoms with Gasteiger partial charge in [0.05, 0.1) is 0 Å². The molecular weight excluding hydrogens is 246 g/mol. The smallest absolute Gasteiger partial charge is 0.110 e. The highest BCUT2D eigenvalue weighted by atomic mass is 15.1. The van der Waals surface area contributed by atoms with Crippen molar-refractivity contribution in [1.82, 2.24) is 9.55 Å². The maximum atomic E-state index is 6.72. The first-order valence-corrected chi connectivity index (χ1v) is 8.46. The highest BCUT2D eigenvalue weighted by molar-refractivity contribution is 5.02. The molecule has 20 heavy (non-hydrogen) atoms. The van der Waals surface area contributed by atoms with E-state index in [1.165, 1.54) is 37.9 Å². The van der Waals surface area contributed by atoms with Gasteiger partial charge in [-0.3, -0.25) is 0 Å². The van der Waals surface area contributed by atoms with E-state index in [1.54, 1.807) is 0 Å². The fourth-order valence-corrected chi connectivity index (χ4v) is 3.64. The summed E-state index contributed by atoms with van der Waals surface area (Å²) in [6.45, 7) is 5.56. The van der Waals surface area contributed by atoms with Gasteiger partial charge in [-0.05, 0) is 31.6 Å². The largest absolute Gasteiger partial charge is 0.335 e. The van der Waals surface area contributed by atoms with Gasteiger partial charge in [0, 0.05) is 30.9 Å². The van der Waals surface area contributed by atoms with Crippen LogP contribution in [0.2, 0.25) is 0 Å². The molecule has 1 aliphatic carbocycles. The SMILES string of the molecule is CCCC1CCCC(N)(Cc2nccn2CCC)CC1. The van der Waals surface area contributed by atoms with Crippen LogP contribution in [0.25, 0.3) is 0 Å². The molecule has 3 nitrogen and oxygen atoms in total. The third kappa shape index (κ3) is 4.08. The quantitative estimate of drug-likeness (QED) is 0.801. The lowest BCUT2D eigenvalue weighted by molar-refractivity contribution is 0.345. The Morgan fingerprint density at radius 1 is 1.30 bits per heavy atom. The average molecular weight is 277 g/mol. The standard InChI is InChI=1S/C17H31N3/c1-3-6-15-7-5-9-17(18,10-8-15)14-16-19-11-13-20(16)12-4-2/h11,13,15H,3-10,12,14,18H2,1-2H3. The molecule has 1 saturated carbocycles. The van der Waals surface area contributed by atoms with Crippen molar-refractivity contribution in [1.29, 1.82) is 0 Å². The lowest BCUT2D eigenvalue weighted by Gasteiger charge is -2.28. The molecule has 3 heteroatoms. The number of nitrogens with zero attached hydrogens (tertiary/aromatic N) is 2. The zero-order valence-corrected chi connectivity index (χ0v) is 13.3. The number of imidazole rings is 1. The van der Waals surface area contributed by atoms with Crippen LogP contribution in [0.5, 0.6) is 0 Å². The first kappa shape index (κ1) is 15.6. The Morgan fingerprint density at radius 2 is 2.15 bits per heavy atom. The lowest BCUT2D eigenvalue weighted by Crippen LogP contribution is -2.42. The lowest BCUT2D eigenvalue weighted by atomic mass is 9.86. The van der Waals surface area contributed by atoms with E-state index in [1.807, 2.05) is 6.20 Å². The normalized spacial score (nSPS) is 27.4. The zero-order valence-electron chi connectivity index (χ0n) is 13.3. The Hall–Kier alpha value is -0.830. The molecule has 2 unspecified atom stereocenters. The molecule has 1 aromatic heterocycles. The second-order valence-electron chi connectivity index (χ2n) is 6.66. The molecule has 2 N–H and O–H groups in total. The minimum absolute atomic E-state index is 0.0284. The molecule has 1 fully saturated rings. The van der Waals surface area contributed by atoms with E-state index in [9.17, 15) is 0 Å². The first-order valence-electron chi connectivity index (χ1n) is 8.46.